The standard InChI is InChI=1S/C23H48O2S/c1-3-4-5-6-7-8-9-10-11-12-13-14-15-16-17-18-19-20-21-26(25)22-23(2)24/h23-24H,3-22H2,1-2H3. The molecule has 0 rings (SSSR count). The second-order valence-corrected chi connectivity index (χ2v) is 9.79. The molecule has 0 fully saturated rings. The van der Waals surface area contributed by atoms with Crippen LogP contribution in [0.5, 0.6) is 0 Å². The smallest absolute Gasteiger partial charge is 0.0627 e. The number of aliphatic hydroxyl groups is 1. The highest BCUT2D eigenvalue weighted by Crippen LogP contribution is 2.14. The zero-order valence-corrected chi connectivity index (χ0v) is 18.8. The third-order valence-corrected chi connectivity index (χ3v) is 6.75. The van der Waals surface area contributed by atoms with Crippen LogP contribution in [0.15, 0.2) is 0 Å². The molecule has 3 heteroatoms. The Hall–Kier alpha value is 0.110. The van der Waals surface area contributed by atoms with E-state index in [2.05, 4.69) is 6.92 Å². The molecule has 0 aliphatic rings. The van der Waals surface area contributed by atoms with Gasteiger partial charge in [0.1, 0.15) is 0 Å². The van der Waals surface area contributed by atoms with Crippen LogP contribution in [0.3, 0.4) is 0 Å². The molecule has 2 nitrogen and oxygen atoms in total. The topological polar surface area (TPSA) is 37.3 Å². The van der Waals surface area contributed by atoms with E-state index in [0.29, 0.717) is 5.75 Å². The van der Waals surface area contributed by atoms with Crippen molar-refractivity contribution in [2.45, 2.75) is 136 Å². The summed E-state index contributed by atoms with van der Waals surface area (Å²) in [7, 11) is -0.819. The van der Waals surface area contributed by atoms with Gasteiger partial charge < -0.3 is 5.11 Å². The lowest BCUT2D eigenvalue weighted by Gasteiger charge is -2.05. The van der Waals surface area contributed by atoms with Crippen LogP contribution >= 0.6 is 0 Å². The fourth-order valence-corrected chi connectivity index (χ4v) is 4.75. The van der Waals surface area contributed by atoms with E-state index >= 15 is 0 Å². The molecule has 158 valence electrons. The minimum absolute atomic E-state index is 0.425. The van der Waals surface area contributed by atoms with Gasteiger partial charge in [-0.15, -0.1) is 0 Å². The van der Waals surface area contributed by atoms with Crippen molar-refractivity contribution in [1.82, 2.24) is 0 Å². The molecule has 0 aliphatic heterocycles. The van der Waals surface area contributed by atoms with Gasteiger partial charge in [0.05, 0.1) is 6.10 Å². The van der Waals surface area contributed by atoms with Crippen molar-refractivity contribution in [1.29, 1.82) is 0 Å². The molecule has 2 atom stereocenters. The molecule has 0 aromatic rings. The molecule has 0 radical (unpaired) electrons. The fraction of sp³-hybridized carbons (Fsp3) is 1.00. The Morgan fingerprint density at radius 2 is 0.923 bits per heavy atom. The molecule has 0 aromatic carbocycles. The average molecular weight is 389 g/mol. The van der Waals surface area contributed by atoms with Gasteiger partial charge in [-0.25, -0.2) is 0 Å². The maximum atomic E-state index is 11.6. The molecule has 0 aliphatic carbocycles. The van der Waals surface area contributed by atoms with Crippen molar-refractivity contribution in [2.75, 3.05) is 11.5 Å². The summed E-state index contributed by atoms with van der Waals surface area (Å²) >= 11 is 0. The molecule has 0 spiro atoms. The predicted octanol–water partition coefficient (Wildman–Crippen LogP) is 7.16. The highest BCUT2D eigenvalue weighted by molar-refractivity contribution is 7.85. The molecular formula is C23H48O2S. The monoisotopic (exact) mass is 388 g/mol. The SMILES string of the molecule is CCCCCCCCCCCCCCCCCCCCS(=O)CC(C)O. The van der Waals surface area contributed by atoms with Crippen molar-refractivity contribution in [3.8, 4) is 0 Å². The number of hydrogen-bond acceptors (Lipinski definition) is 2. The summed E-state index contributed by atoms with van der Waals surface area (Å²) in [4.78, 5) is 0. The van der Waals surface area contributed by atoms with Gasteiger partial charge in [-0.2, -0.15) is 0 Å². The van der Waals surface area contributed by atoms with Crippen LogP contribution in [0.1, 0.15) is 129 Å². The Balaban J connectivity index is 3.06. The van der Waals surface area contributed by atoms with Crippen LogP contribution in [-0.4, -0.2) is 26.9 Å². The van der Waals surface area contributed by atoms with E-state index in [1.807, 2.05) is 0 Å². The lowest BCUT2D eigenvalue weighted by Crippen LogP contribution is -2.14. The normalized spacial score (nSPS) is 13.8. The van der Waals surface area contributed by atoms with Gasteiger partial charge >= 0.3 is 0 Å². The van der Waals surface area contributed by atoms with Gasteiger partial charge in [0.25, 0.3) is 0 Å². The first-order chi connectivity index (χ1) is 12.7. The van der Waals surface area contributed by atoms with Crippen LogP contribution in [0.25, 0.3) is 0 Å². The minimum atomic E-state index is -0.819. The Kier molecular flexibility index (Phi) is 21.5. The minimum Gasteiger partial charge on any atom is -0.392 e. The summed E-state index contributed by atoms with van der Waals surface area (Å²) in [5, 5.41) is 9.18. The molecule has 0 heterocycles. The molecule has 0 saturated heterocycles. The van der Waals surface area contributed by atoms with Gasteiger partial charge in [-0.3, -0.25) is 4.21 Å². The zero-order chi connectivity index (χ0) is 19.3. The first-order valence-electron chi connectivity index (χ1n) is 11.7. The van der Waals surface area contributed by atoms with Gasteiger partial charge in [-0.1, -0.05) is 116 Å². The van der Waals surface area contributed by atoms with Crippen LogP contribution in [0, 0.1) is 0 Å². The van der Waals surface area contributed by atoms with Crippen molar-refractivity contribution in [2.24, 2.45) is 0 Å². The maximum Gasteiger partial charge on any atom is 0.0627 e. The first kappa shape index (κ1) is 26.1. The third kappa shape index (κ3) is 22.2. The van der Waals surface area contributed by atoms with Crippen LogP contribution < -0.4 is 0 Å². The molecule has 1 N–H and O–H groups in total. The Morgan fingerprint density at radius 1 is 0.615 bits per heavy atom. The summed E-state index contributed by atoms with van der Waals surface area (Å²) in [6.45, 7) is 4.00. The zero-order valence-electron chi connectivity index (χ0n) is 18.0. The number of aliphatic hydroxyl groups excluding tert-OH is 1. The van der Waals surface area contributed by atoms with E-state index in [4.69, 9.17) is 0 Å². The molecule has 2 unspecified atom stereocenters. The van der Waals surface area contributed by atoms with Crippen molar-refractivity contribution >= 4 is 10.8 Å². The van der Waals surface area contributed by atoms with Crippen LogP contribution in [-0.2, 0) is 10.8 Å². The van der Waals surface area contributed by atoms with Crippen LogP contribution in [0.4, 0.5) is 0 Å². The second kappa shape index (κ2) is 21.4. The largest absolute Gasteiger partial charge is 0.392 e. The molecular weight excluding hydrogens is 340 g/mol. The van der Waals surface area contributed by atoms with Crippen LogP contribution in [0.2, 0.25) is 0 Å². The van der Waals surface area contributed by atoms with Gasteiger partial charge in [0.2, 0.25) is 0 Å². The molecule has 0 aromatic heterocycles. The third-order valence-electron chi connectivity index (χ3n) is 5.15. The van der Waals surface area contributed by atoms with E-state index in [0.717, 1.165) is 12.2 Å². The van der Waals surface area contributed by atoms with E-state index in [-0.39, 0.29) is 0 Å². The number of hydrogen-bond donors (Lipinski definition) is 1. The second-order valence-electron chi connectivity index (χ2n) is 8.17. The molecule has 0 bridgehead atoms. The van der Waals surface area contributed by atoms with Crippen molar-refractivity contribution in [3.05, 3.63) is 0 Å². The molecule has 0 saturated carbocycles. The summed E-state index contributed by atoms with van der Waals surface area (Å²) < 4.78 is 11.6. The first-order valence-corrected chi connectivity index (χ1v) is 13.2. The maximum absolute atomic E-state index is 11.6. The summed E-state index contributed by atoms with van der Waals surface area (Å²) in [6, 6.07) is 0. The van der Waals surface area contributed by atoms with Crippen molar-refractivity contribution < 1.29 is 9.32 Å². The van der Waals surface area contributed by atoms with E-state index in [1.165, 1.54) is 109 Å². The number of rotatable bonds is 21. The number of unbranched alkanes of at least 4 members (excludes halogenated alkanes) is 17. The Morgan fingerprint density at radius 3 is 1.23 bits per heavy atom. The summed E-state index contributed by atoms with van der Waals surface area (Å²) in [5.41, 5.74) is 0. The highest BCUT2D eigenvalue weighted by Gasteiger charge is 2.03. The van der Waals surface area contributed by atoms with Crippen molar-refractivity contribution in [3.63, 3.8) is 0 Å². The van der Waals surface area contributed by atoms with E-state index in [1.54, 1.807) is 6.92 Å². The van der Waals surface area contributed by atoms with Gasteiger partial charge in [0.15, 0.2) is 0 Å². The predicted molar refractivity (Wildman–Crippen MR) is 118 cm³/mol. The Bertz CT molecular complexity index is 292. The fourth-order valence-electron chi connectivity index (χ4n) is 3.52. The summed E-state index contributed by atoms with van der Waals surface area (Å²) in [6.07, 6.45) is 24.4. The lowest BCUT2D eigenvalue weighted by atomic mass is 10.0. The summed E-state index contributed by atoms with van der Waals surface area (Å²) in [5.74, 6) is 1.21. The van der Waals surface area contributed by atoms with Gasteiger partial charge in [-0.05, 0) is 13.3 Å². The van der Waals surface area contributed by atoms with Gasteiger partial charge in [0, 0.05) is 22.3 Å². The molecule has 26 heavy (non-hydrogen) atoms. The lowest BCUT2D eigenvalue weighted by molar-refractivity contribution is 0.219. The van der Waals surface area contributed by atoms with E-state index < -0.39 is 16.9 Å². The quantitative estimate of drug-likeness (QED) is 0.212. The van der Waals surface area contributed by atoms with E-state index in [9.17, 15) is 9.32 Å². The Labute approximate surface area is 167 Å². The molecule has 0 amide bonds. The average Bonchev–Trinajstić information content (AvgIpc) is 2.60. The highest BCUT2D eigenvalue weighted by atomic mass is 32.2.